The van der Waals surface area contributed by atoms with E-state index in [4.69, 9.17) is 0 Å². The van der Waals surface area contributed by atoms with E-state index in [1.54, 1.807) is 36.8 Å². The summed E-state index contributed by atoms with van der Waals surface area (Å²) in [7, 11) is 1.78. The van der Waals surface area contributed by atoms with Gasteiger partial charge < -0.3 is 5.32 Å². The second kappa shape index (κ2) is 4.97. The van der Waals surface area contributed by atoms with E-state index in [9.17, 15) is 4.79 Å². The molecule has 1 amide bonds. The zero-order valence-electron chi connectivity index (χ0n) is 10.6. The molecule has 3 rings (SSSR count). The third kappa shape index (κ3) is 2.31. The Morgan fingerprint density at radius 3 is 3.11 bits per heavy atom. The summed E-state index contributed by atoms with van der Waals surface area (Å²) in [5.74, 6) is -0.176. The molecule has 1 aliphatic carbocycles. The first kappa shape index (κ1) is 12.1. The molecule has 2 heterocycles. The van der Waals surface area contributed by atoms with Crippen molar-refractivity contribution < 1.29 is 4.79 Å². The number of rotatable bonds is 3. The summed E-state index contributed by atoms with van der Waals surface area (Å²) in [5, 5.41) is 6.52. The number of nitrogens with one attached hydrogen (secondary N) is 2. The lowest BCUT2D eigenvalue weighted by molar-refractivity contribution is 0.102. The zero-order chi connectivity index (χ0) is 13.2. The smallest absolute Gasteiger partial charge is 0.261 e. The highest BCUT2D eigenvalue weighted by Gasteiger charge is 2.19. The number of carbonyl (C=O) groups is 1. The van der Waals surface area contributed by atoms with Crippen LogP contribution in [0.5, 0.6) is 0 Å². The van der Waals surface area contributed by atoms with Gasteiger partial charge in [0.1, 0.15) is 0 Å². The van der Waals surface area contributed by atoms with Crippen molar-refractivity contribution in [2.75, 3.05) is 17.7 Å². The van der Waals surface area contributed by atoms with Gasteiger partial charge in [-0.3, -0.25) is 15.1 Å². The van der Waals surface area contributed by atoms with Crippen LogP contribution in [0.4, 0.5) is 10.8 Å². The highest BCUT2D eigenvalue weighted by Crippen LogP contribution is 2.30. The quantitative estimate of drug-likeness (QED) is 0.901. The molecule has 2 aromatic rings. The highest BCUT2D eigenvalue weighted by molar-refractivity contribution is 7.16. The van der Waals surface area contributed by atoms with E-state index in [1.807, 2.05) is 0 Å². The topological polar surface area (TPSA) is 66.9 Å². The Morgan fingerprint density at radius 2 is 2.32 bits per heavy atom. The molecule has 6 heteroatoms. The average molecular weight is 274 g/mol. The second-order valence-corrected chi connectivity index (χ2v) is 5.45. The first-order chi connectivity index (χ1) is 9.28. The number of fused-ring (bicyclic) bond motifs is 1. The number of hydrogen-bond donors (Lipinski definition) is 2. The number of thiazole rings is 1. The van der Waals surface area contributed by atoms with Gasteiger partial charge in [-0.25, -0.2) is 4.98 Å². The van der Waals surface area contributed by atoms with Crippen molar-refractivity contribution in [3.05, 3.63) is 34.6 Å². The van der Waals surface area contributed by atoms with Crippen LogP contribution < -0.4 is 10.6 Å². The molecule has 19 heavy (non-hydrogen) atoms. The monoisotopic (exact) mass is 274 g/mol. The molecule has 5 nitrogen and oxygen atoms in total. The zero-order valence-corrected chi connectivity index (χ0v) is 11.4. The molecule has 1 aliphatic rings. The lowest BCUT2D eigenvalue weighted by atomic mass is 10.2. The number of nitrogens with zero attached hydrogens (tertiary/aromatic N) is 2. The molecule has 2 aromatic heterocycles. The summed E-state index contributed by atoms with van der Waals surface area (Å²) < 4.78 is 0. The van der Waals surface area contributed by atoms with Crippen LogP contribution in [0, 0.1) is 0 Å². The molecule has 0 saturated carbocycles. The van der Waals surface area contributed by atoms with Gasteiger partial charge in [0.15, 0.2) is 5.13 Å². The standard InChI is InChI=1S/C13H14N4OS/c1-14-9-5-6-15-7-8(9)12(18)17-13-16-10-3-2-4-11(10)19-13/h5-7H,2-4H2,1H3,(H,14,15)(H,16,17,18). The van der Waals surface area contributed by atoms with E-state index in [0.717, 1.165) is 24.2 Å². The van der Waals surface area contributed by atoms with E-state index >= 15 is 0 Å². The van der Waals surface area contributed by atoms with Gasteiger partial charge in [0, 0.05) is 30.0 Å². The minimum Gasteiger partial charge on any atom is -0.387 e. The van der Waals surface area contributed by atoms with Gasteiger partial charge in [-0.1, -0.05) is 0 Å². The van der Waals surface area contributed by atoms with Crippen LogP contribution in [0.3, 0.4) is 0 Å². The Bertz CT molecular complexity index is 601. The maximum absolute atomic E-state index is 12.2. The Hall–Kier alpha value is -1.95. The van der Waals surface area contributed by atoms with Gasteiger partial charge in [-0.15, -0.1) is 11.3 Å². The largest absolute Gasteiger partial charge is 0.387 e. The van der Waals surface area contributed by atoms with Gasteiger partial charge in [0.05, 0.1) is 11.3 Å². The maximum atomic E-state index is 12.2. The van der Waals surface area contributed by atoms with Crippen LogP contribution in [-0.4, -0.2) is 22.9 Å². The first-order valence-electron chi connectivity index (χ1n) is 6.19. The average Bonchev–Trinajstić information content (AvgIpc) is 2.99. The minimum absolute atomic E-state index is 0.176. The summed E-state index contributed by atoms with van der Waals surface area (Å²) in [6.45, 7) is 0. The number of aryl methyl sites for hydroxylation is 2. The number of anilines is 2. The van der Waals surface area contributed by atoms with Crippen molar-refractivity contribution >= 4 is 28.1 Å². The van der Waals surface area contributed by atoms with Crippen LogP contribution in [0.1, 0.15) is 27.3 Å². The fraction of sp³-hybridized carbons (Fsp3) is 0.308. The van der Waals surface area contributed by atoms with E-state index in [2.05, 4.69) is 20.6 Å². The normalized spacial score (nSPS) is 13.1. The summed E-state index contributed by atoms with van der Waals surface area (Å²) in [5.41, 5.74) is 2.43. The minimum atomic E-state index is -0.176. The SMILES string of the molecule is CNc1ccncc1C(=O)Nc1nc2c(s1)CCC2. The predicted octanol–water partition coefficient (Wildman–Crippen LogP) is 2.32. The van der Waals surface area contributed by atoms with Crippen molar-refractivity contribution in [1.82, 2.24) is 9.97 Å². The van der Waals surface area contributed by atoms with Crippen molar-refractivity contribution in [3.8, 4) is 0 Å². The van der Waals surface area contributed by atoms with Gasteiger partial charge in [0.25, 0.3) is 5.91 Å². The van der Waals surface area contributed by atoms with Gasteiger partial charge >= 0.3 is 0 Å². The van der Waals surface area contributed by atoms with Gasteiger partial charge in [0.2, 0.25) is 0 Å². The third-order valence-corrected chi connectivity index (χ3v) is 4.22. The van der Waals surface area contributed by atoms with E-state index in [1.165, 1.54) is 11.3 Å². The number of amides is 1. The van der Waals surface area contributed by atoms with Crippen LogP contribution in [0.15, 0.2) is 18.5 Å². The molecule has 0 atom stereocenters. The molecular formula is C13H14N4OS. The van der Waals surface area contributed by atoms with Gasteiger partial charge in [-0.2, -0.15) is 0 Å². The molecule has 0 unspecified atom stereocenters. The lowest BCUT2D eigenvalue weighted by Crippen LogP contribution is -2.14. The first-order valence-corrected chi connectivity index (χ1v) is 7.01. The molecule has 0 aromatic carbocycles. The molecule has 98 valence electrons. The summed E-state index contributed by atoms with van der Waals surface area (Å²) in [6.07, 6.45) is 6.49. The molecule has 0 spiro atoms. The molecule has 0 radical (unpaired) electrons. The van der Waals surface area contributed by atoms with Crippen LogP contribution >= 0.6 is 11.3 Å². The van der Waals surface area contributed by atoms with Crippen molar-refractivity contribution in [2.45, 2.75) is 19.3 Å². The Kier molecular flexibility index (Phi) is 3.16. The number of pyridine rings is 1. The fourth-order valence-electron chi connectivity index (χ4n) is 2.20. The molecule has 2 N–H and O–H groups in total. The highest BCUT2D eigenvalue weighted by atomic mass is 32.1. The fourth-order valence-corrected chi connectivity index (χ4v) is 3.25. The third-order valence-electron chi connectivity index (χ3n) is 3.15. The number of hydrogen-bond acceptors (Lipinski definition) is 5. The van der Waals surface area contributed by atoms with E-state index < -0.39 is 0 Å². The number of aromatic nitrogens is 2. The number of carbonyl (C=O) groups excluding carboxylic acids is 1. The van der Waals surface area contributed by atoms with E-state index in [0.29, 0.717) is 10.7 Å². The van der Waals surface area contributed by atoms with Crippen LogP contribution in [0.2, 0.25) is 0 Å². The molecule has 0 saturated heterocycles. The van der Waals surface area contributed by atoms with Crippen LogP contribution in [0.25, 0.3) is 0 Å². The van der Waals surface area contributed by atoms with Crippen molar-refractivity contribution in [3.63, 3.8) is 0 Å². The summed E-state index contributed by atoms with van der Waals surface area (Å²) in [4.78, 5) is 21.9. The van der Waals surface area contributed by atoms with Crippen molar-refractivity contribution in [2.24, 2.45) is 0 Å². The Morgan fingerprint density at radius 1 is 1.42 bits per heavy atom. The maximum Gasteiger partial charge on any atom is 0.261 e. The lowest BCUT2D eigenvalue weighted by Gasteiger charge is -2.07. The second-order valence-electron chi connectivity index (χ2n) is 4.37. The molecular weight excluding hydrogens is 260 g/mol. The summed E-state index contributed by atoms with van der Waals surface area (Å²) >= 11 is 1.57. The molecule has 0 bridgehead atoms. The van der Waals surface area contributed by atoms with E-state index in [-0.39, 0.29) is 5.91 Å². The Labute approximate surface area is 115 Å². The van der Waals surface area contributed by atoms with Crippen molar-refractivity contribution in [1.29, 1.82) is 0 Å². The van der Waals surface area contributed by atoms with Crippen LogP contribution in [-0.2, 0) is 12.8 Å². The molecule has 0 aliphatic heterocycles. The summed E-state index contributed by atoms with van der Waals surface area (Å²) in [6, 6.07) is 1.77. The Balaban J connectivity index is 1.80. The predicted molar refractivity (Wildman–Crippen MR) is 75.9 cm³/mol. The molecule has 0 fully saturated rings. The van der Waals surface area contributed by atoms with Gasteiger partial charge in [-0.05, 0) is 25.3 Å².